The molecule has 2 heterocycles. The summed E-state index contributed by atoms with van der Waals surface area (Å²) >= 11 is 0. The van der Waals surface area contributed by atoms with Crippen LogP contribution in [0.25, 0.3) is 0 Å². The van der Waals surface area contributed by atoms with E-state index in [1.54, 1.807) is 0 Å². The number of hydrogen-bond donors (Lipinski definition) is 1. The van der Waals surface area contributed by atoms with Crippen LogP contribution in [-0.2, 0) is 6.54 Å². The lowest BCUT2D eigenvalue weighted by Gasteiger charge is -2.30. The lowest BCUT2D eigenvalue weighted by molar-refractivity contribution is 0.220. The summed E-state index contributed by atoms with van der Waals surface area (Å²) in [7, 11) is 0. The van der Waals surface area contributed by atoms with Gasteiger partial charge in [-0.25, -0.2) is 0 Å². The van der Waals surface area contributed by atoms with Crippen LogP contribution in [-0.4, -0.2) is 22.5 Å². The molecule has 2 saturated heterocycles. The molecule has 3 rings (SSSR count). The summed E-state index contributed by atoms with van der Waals surface area (Å²) in [4.78, 5) is 2.62. The van der Waals surface area contributed by atoms with E-state index in [2.05, 4.69) is 42.2 Å². The van der Waals surface area contributed by atoms with E-state index >= 15 is 0 Å². The van der Waals surface area contributed by atoms with Crippen LogP contribution in [0.1, 0.15) is 31.7 Å². The molecule has 1 aromatic carbocycles. The average molecular weight is 216 g/mol. The molecule has 0 spiro atoms. The maximum atomic E-state index is 6.37. The first-order valence-corrected chi connectivity index (χ1v) is 6.25. The highest BCUT2D eigenvalue weighted by Crippen LogP contribution is 2.43. The van der Waals surface area contributed by atoms with E-state index in [1.807, 2.05) is 0 Å². The molecule has 0 amide bonds. The summed E-state index contributed by atoms with van der Waals surface area (Å²) in [6.45, 7) is 3.29. The van der Waals surface area contributed by atoms with Crippen LogP contribution < -0.4 is 5.73 Å². The van der Waals surface area contributed by atoms with E-state index in [1.165, 1.54) is 24.8 Å². The molecule has 0 saturated carbocycles. The SMILES string of the molecule is C[C@]1(N)C[C@@H]2CC[C@H]1N2Cc1ccccc1. The Kier molecular flexibility index (Phi) is 2.30. The van der Waals surface area contributed by atoms with Crippen LogP contribution in [0.2, 0.25) is 0 Å². The van der Waals surface area contributed by atoms with Gasteiger partial charge in [-0.1, -0.05) is 30.3 Å². The van der Waals surface area contributed by atoms with E-state index in [9.17, 15) is 0 Å². The Labute approximate surface area is 97.4 Å². The Morgan fingerprint density at radius 1 is 1.31 bits per heavy atom. The van der Waals surface area contributed by atoms with Crippen molar-refractivity contribution in [2.45, 2.75) is 50.4 Å². The fourth-order valence-electron chi connectivity index (χ4n) is 3.54. The number of hydrogen-bond acceptors (Lipinski definition) is 2. The molecule has 0 aliphatic carbocycles. The molecule has 1 aromatic rings. The lowest BCUT2D eigenvalue weighted by atomic mass is 9.84. The molecule has 0 aromatic heterocycles. The summed E-state index contributed by atoms with van der Waals surface area (Å²) in [6.07, 6.45) is 3.79. The Morgan fingerprint density at radius 3 is 2.62 bits per heavy atom. The zero-order valence-corrected chi connectivity index (χ0v) is 9.89. The van der Waals surface area contributed by atoms with Crippen LogP contribution >= 0.6 is 0 Å². The van der Waals surface area contributed by atoms with Gasteiger partial charge in [-0.3, -0.25) is 4.90 Å². The molecule has 16 heavy (non-hydrogen) atoms. The van der Waals surface area contributed by atoms with Gasteiger partial charge in [0.25, 0.3) is 0 Å². The number of fused-ring (bicyclic) bond motifs is 2. The first-order chi connectivity index (χ1) is 7.67. The van der Waals surface area contributed by atoms with Gasteiger partial charge < -0.3 is 5.73 Å². The molecule has 2 fully saturated rings. The quantitative estimate of drug-likeness (QED) is 0.820. The third kappa shape index (κ3) is 1.57. The minimum Gasteiger partial charge on any atom is -0.324 e. The second-order valence-corrected chi connectivity index (χ2v) is 5.61. The minimum absolute atomic E-state index is 0.0394. The summed E-state index contributed by atoms with van der Waals surface area (Å²) in [6, 6.07) is 12.1. The monoisotopic (exact) mass is 216 g/mol. The molecule has 2 N–H and O–H groups in total. The molecule has 86 valence electrons. The largest absolute Gasteiger partial charge is 0.324 e. The maximum absolute atomic E-state index is 6.37. The molecule has 0 unspecified atom stereocenters. The third-order valence-corrected chi connectivity index (χ3v) is 4.29. The Balaban J connectivity index is 1.78. The van der Waals surface area contributed by atoms with Gasteiger partial charge in [-0.15, -0.1) is 0 Å². The van der Waals surface area contributed by atoms with Crippen molar-refractivity contribution in [2.75, 3.05) is 0 Å². The van der Waals surface area contributed by atoms with Crippen molar-refractivity contribution >= 4 is 0 Å². The highest BCUT2D eigenvalue weighted by atomic mass is 15.3. The van der Waals surface area contributed by atoms with Gasteiger partial charge in [0.2, 0.25) is 0 Å². The van der Waals surface area contributed by atoms with Gasteiger partial charge in [0.15, 0.2) is 0 Å². The summed E-state index contributed by atoms with van der Waals surface area (Å²) in [5, 5.41) is 0. The van der Waals surface area contributed by atoms with Crippen molar-refractivity contribution in [2.24, 2.45) is 5.73 Å². The smallest absolute Gasteiger partial charge is 0.0298 e. The predicted molar refractivity (Wildman–Crippen MR) is 66.0 cm³/mol. The zero-order chi connectivity index (χ0) is 11.2. The number of rotatable bonds is 2. The first-order valence-electron chi connectivity index (χ1n) is 6.25. The summed E-state index contributed by atoms with van der Waals surface area (Å²) < 4.78 is 0. The minimum atomic E-state index is 0.0394. The molecule has 2 aliphatic heterocycles. The van der Waals surface area contributed by atoms with Gasteiger partial charge >= 0.3 is 0 Å². The highest BCUT2D eigenvalue weighted by Gasteiger charge is 2.50. The normalized spacial score (nSPS) is 38.1. The molecular weight excluding hydrogens is 196 g/mol. The Morgan fingerprint density at radius 2 is 2.06 bits per heavy atom. The van der Waals surface area contributed by atoms with Crippen molar-refractivity contribution in [3.8, 4) is 0 Å². The molecule has 2 heteroatoms. The Hall–Kier alpha value is -0.860. The van der Waals surface area contributed by atoms with E-state index in [0.717, 1.165) is 12.6 Å². The lowest BCUT2D eigenvalue weighted by Crippen LogP contribution is -2.48. The van der Waals surface area contributed by atoms with Crippen molar-refractivity contribution in [3.63, 3.8) is 0 Å². The van der Waals surface area contributed by atoms with Crippen LogP contribution in [0, 0.1) is 0 Å². The van der Waals surface area contributed by atoms with Gasteiger partial charge in [-0.05, 0) is 31.7 Å². The van der Waals surface area contributed by atoms with Gasteiger partial charge in [0.1, 0.15) is 0 Å². The zero-order valence-electron chi connectivity index (χ0n) is 9.89. The van der Waals surface area contributed by atoms with Crippen LogP contribution in [0.4, 0.5) is 0 Å². The fourth-order valence-corrected chi connectivity index (χ4v) is 3.54. The predicted octanol–water partition coefficient (Wildman–Crippen LogP) is 2.14. The maximum Gasteiger partial charge on any atom is 0.0298 e. The molecule has 2 nitrogen and oxygen atoms in total. The second kappa shape index (κ2) is 3.57. The van der Waals surface area contributed by atoms with Crippen molar-refractivity contribution in [1.82, 2.24) is 4.90 Å². The fraction of sp³-hybridized carbons (Fsp3) is 0.571. The molecule has 2 bridgehead atoms. The number of nitrogens with two attached hydrogens (primary N) is 1. The summed E-state index contributed by atoms with van der Waals surface area (Å²) in [5.41, 5.74) is 7.82. The highest BCUT2D eigenvalue weighted by molar-refractivity contribution is 5.18. The molecule has 2 aliphatic rings. The average Bonchev–Trinajstić information content (AvgIpc) is 2.73. The topological polar surface area (TPSA) is 29.3 Å². The van der Waals surface area contributed by atoms with Gasteiger partial charge in [0, 0.05) is 24.2 Å². The van der Waals surface area contributed by atoms with E-state index < -0.39 is 0 Å². The standard InChI is InChI=1S/C14H20N2/c1-14(15)9-12-7-8-13(14)16(12)10-11-5-3-2-4-6-11/h2-6,12-13H,7-10,15H2,1H3/t12-,13+,14-/m0/s1. The van der Waals surface area contributed by atoms with Gasteiger partial charge in [0.05, 0.1) is 0 Å². The number of nitrogens with zero attached hydrogens (tertiary/aromatic N) is 1. The Bertz CT molecular complexity index is 372. The molecule has 0 radical (unpaired) electrons. The summed E-state index contributed by atoms with van der Waals surface area (Å²) in [5.74, 6) is 0. The first kappa shape index (κ1) is 10.3. The van der Waals surface area contributed by atoms with Crippen molar-refractivity contribution in [3.05, 3.63) is 35.9 Å². The van der Waals surface area contributed by atoms with Crippen LogP contribution in [0.3, 0.4) is 0 Å². The van der Waals surface area contributed by atoms with E-state index in [0.29, 0.717) is 6.04 Å². The van der Waals surface area contributed by atoms with Crippen LogP contribution in [0.5, 0.6) is 0 Å². The van der Waals surface area contributed by atoms with E-state index in [4.69, 9.17) is 5.73 Å². The second-order valence-electron chi connectivity index (χ2n) is 5.61. The van der Waals surface area contributed by atoms with Crippen molar-refractivity contribution in [1.29, 1.82) is 0 Å². The van der Waals surface area contributed by atoms with Gasteiger partial charge in [-0.2, -0.15) is 0 Å². The number of benzene rings is 1. The van der Waals surface area contributed by atoms with Crippen LogP contribution in [0.15, 0.2) is 30.3 Å². The van der Waals surface area contributed by atoms with E-state index in [-0.39, 0.29) is 5.54 Å². The van der Waals surface area contributed by atoms with Crippen molar-refractivity contribution < 1.29 is 0 Å². The molecular formula is C14H20N2. The molecule has 3 atom stereocenters. The third-order valence-electron chi connectivity index (χ3n) is 4.29.